The molecule has 1 amide bonds. The summed E-state index contributed by atoms with van der Waals surface area (Å²) < 4.78 is 13.2. The minimum Gasteiger partial charge on any atom is -0.354 e. The van der Waals surface area contributed by atoms with Gasteiger partial charge in [0.2, 0.25) is 5.91 Å². The number of nitrogens with zero attached hydrogens (tertiary/aromatic N) is 5. The molecule has 0 saturated carbocycles. The number of likely N-dealkylation sites (N-methyl/N-ethyl adjacent to an activating group) is 1. The summed E-state index contributed by atoms with van der Waals surface area (Å²) >= 11 is 0. The third-order valence-electron chi connectivity index (χ3n) is 5.76. The molecule has 1 aliphatic heterocycles. The van der Waals surface area contributed by atoms with E-state index in [9.17, 15) is 9.18 Å². The molecule has 1 atom stereocenters. The van der Waals surface area contributed by atoms with Crippen LogP contribution in [0, 0.1) is 12.7 Å². The van der Waals surface area contributed by atoms with Gasteiger partial charge in [0.25, 0.3) is 0 Å². The summed E-state index contributed by atoms with van der Waals surface area (Å²) in [5.74, 6) is 1.94. The average molecular weight is 414 g/mol. The van der Waals surface area contributed by atoms with Crippen molar-refractivity contribution in [1.82, 2.24) is 19.8 Å². The molecule has 2 aromatic rings. The van der Waals surface area contributed by atoms with Gasteiger partial charge in [0.1, 0.15) is 17.5 Å². The second-order valence-corrected chi connectivity index (χ2v) is 8.38. The fourth-order valence-electron chi connectivity index (χ4n) is 3.61. The van der Waals surface area contributed by atoms with E-state index in [1.165, 1.54) is 12.1 Å². The molecule has 1 fully saturated rings. The number of hydrogen-bond acceptors (Lipinski definition) is 5. The Balaban J connectivity index is 1.55. The van der Waals surface area contributed by atoms with Gasteiger partial charge >= 0.3 is 0 Å². The van der Waals surface area contributed by atoms with Gasteiger partial charge in [-0.3, -0.25) is 9.69 Å². The Bertz CT molecular complexity index is 862. The van der Waals surface area contributed by atoms with Crippen LogP contribution in [0.4, 0.5) is 10.2 Å². The number of piperazine rings is 1. The fourth-order valence-corrected chi connectivity index (χ4v) is 3.61. The van der Waals surface area contributed by atoms with Crippen molar-refractivity contribution in [3.05, 3.63) is 53.2 Å². The minimum atomic E-state index is -0.266. The number of amides is 1. The predicted octanol–water partition coefficient (Wildman–Crippen LogP) is 3.39. The van der Waals surface area contributed by atoms with Crippen molar-refractivity contribution in [3.8, 4) is 0 Å². The molecule has 0 spiro atoms. The van der Waals surface area contributed by atoms with Crippen LogP contribution in [0.5, 0.6) is 0 Å². The lowest BCUT2D eigenvalue weighted by Crippen LogP contribution is -2.50. The van der Waals surface area contributed by atoms with E-state index in [2.05, 4.69) is 28.6 Å². The molecule has 2 heterocycles. The van der Waals surface area contributed by atoms with E-state index in [0.717, 1.165) is 49.1 Å². The van der Waals surface area contributed by atoms with E-state index >= 15 is 0 Å². The van der Waals surface area contributed by atoms with Crippen molar-refractivity contribution < 1.29 is 9.18 Å². The van der Waals surface area contributed by atoms with Crippen LogP contribution in [0.3, 0.4) is 0 Å². The van der Waals surface area contributed by atoms with Gasteiger partial charge in [0.15, 0.2) is 0 Å². The summed E-state index contributed by atoms with van der Waals surface area (Å²) in [5, 5.41) is 0. The molecule has 0 unspecified atom stereocenters. The SMILES string of the molecule is Cc1cc(N2CCN(CC(=O)N(C)[C@H](C)c3ccc(F)cc3)CC2)nc(C(C)C)n1. The summed E-state index contributed by atoms with van der Waals surface area (Å²) in [4.78, 5) is 28.2. The van der Waals surface area contributed by atoms with E-state index in [1.54, 1.807) is 17.0 Å². The zero-order valence-electron chi connectivity index (χ0n) is 18.6. The van der Waals surface area contributed by atoms with Crippen molar-refractivity contribution in [2.75, 3.05) is 44.7 Å². The number of halogens is 1. The molecule has 162 valence electrons. The lowest BCUT2D eigenvalue weighted by Gasteiger charge is -2.36. The Labute approximate surface area is 178 Å². The largest absolute Gasteiger partial charge is 0.354 e. The second-order valence-electron chi connectivity index (χ2n) is 8.38. The molecule has 6 nitrogen and oxygen atoms in total. The highest BCUT2D eigenvalue weighted by atomic mass is 19.1. The highest BCUT2D eigenvalue weighted by Crippen LogP contribution is 2.21. The Kier molecular flexibility index (Phi) is 7.02. The molecular formula is C23H32FN5O. The zero-order chi connectivity index (χ0) is 21.8. The first kappa shape index (κ1) is 22.2. The normalized spacial score (nSPS) is 16.0. The quantitative estimate of drug-likeness (QED) is 0.727. The second kappa shape index (κ2) is 9.51. The van der Waals surface area contributed by atoms with Crippen molar-refractivity contribution >= 4 is 11.7 Å². The van der Waals surface area contributed by atoms with E-state index in [1.807, 2.05) is 27.0 Å². The number of rotatable bonds is 6. The third-order valence-corrected chi connectivity index (χ3v) is 5.76. The van der Waals surface area contributed by atoms with Crippen LogP contribution in [0.2, 0.25) is 0 Å². The Morgan fingerprint density at radius 1 is 1.10 bits per heavy atom. The third kappa shape index (κ3) is 5.33. The van der Waals surface area contributed by atoms with Crippen molar-refractivity contribution in [3.63, 3.8) is 0 Å². The molecule has 7 heteroatoms. The molecule has 1 aromatic carbocycles. The van der Waals surface area contributed by atoms with E-state index < -0.39 is 0 Å². The van der Waals surface area contributed by atoms with Crippen LogP contribution in [-0.4, -0.2) is 65.4 Å². The molecule has 1 saturated heterocycles. The smallest absolute Gasteiger partial charge is 0.236 e. The summed E-state index contributed by atoms with van der Waals surface area (Å²) in [6.45, 7) is 11.8. The van der Waals surface area contributed by atoms with Crippen molar-refractivity contribution in [2.45, 2.75) is 39.7 Å². The van der Waals surface area contributed by atoms with Crippen LogP contribution in [0.25, 0.3) is 0 Å². The molecule has 1 aromatic heterocycles. The van der Waals surface area contributed by atoms with Crippen LogP contribution >= 0.6 is 0 Å². The molecule has 30 heavy (non-hydrogen) atoms. The minimum absolute atomic E-state index is 0.0697. The lowest BCUT2D eigenvalue weighted by atomic mass is 10.1. The highest BCUT2D eigenvalue weighted by Gasteiger charge is 2.24. The fraction of sp³-hybridized carbons (Fsp3) is 0.522. The van der Waals surface area contributed by atoms with Gasteiger partial charge in [-0.2, -0.15) is 0 Å². The van der Waals surface area contributed by atoms with Crippen LogP contribution < -0.4 is 4.90 Å². The standard InChI is InChI=1S/C23H32FN5O/c1-16(2)23-25-17(3)14-21(26-23)29-12-10-28(11-13-29)15-22(30)27(5)18(4)19-6-8-20(24)9-7-19/h6-9,14,16,18H,10-13,15H2,1-5H3/t18-/m1/s1. The number of carbonyl (C=O) groups is 1. The summed E-state index contributed by atoms with van der Waals surface area (Å²) in [6.07, 6.45) is 0. The van der Waals surface area contributed by atoms with Crippen LogP contribution in [0.1, 0.15) is 49.8 Å². The maximum absolute atomic E-state index is 13.2. The molecule has 0 aliphatic carbocycles. The number of carbonyl (C=O) groups excluding carboxylic acids is 1. The zero-order valence-corrected chi connectivity index (χ0v) is 18.6. The molecule has 1 aliphatic rings. The number of aryl methyl sites for hydroxylation is 1. The average Bonchev–Trinajstić information content (AvgIpc) is 2.73. The topological polar surface area (TPSA) is 52.6 Å². The molecule has 3 rings (SSSR count). The first-order valence-corrected chi connectivity index (χ1v) is 10.6. The monoisotopic (exact) mass is 413 g/mol. The number of anilines is 1. The van der Waals surface area contributed by atoms with Gasteiger partial charge in [-0.1, -0.05) is 26.0 Å². The maximum atomic E-state index is 13.2. The van der Waals surface area contributed by atoms with Gasteiger partial charge in [0, 0.05) is 50.9 Å². The Morgan fingerprint density at radius 3 is 2.33 bits per heavy atom. The van der Waals surface area contributed by atoms with Gasteiger partial charge in [-0.05, 0) is 31.5 Å². The molecule has 0 N–H and O–H groups in total. The number of aromatic nitrogens is 2. The van der Waals surface area contributed by atoms with E-state index in [-0.39, 0.29) is 17.8 Å². The Morgan fingerprint density at radius 2 is 1.73 bits per heavy atom. The van der Waals surface area contributed by atoms with Gasteiger partial charge < -0.3 is 9.80 Å². The predicted molar refractivity (Wildman–Crippen MR) is 117 cm³/mol. The molecule has 0 bridgehead atoms. The van der Waals surface area contributed by atoms with E-state index in [0.29, 0.717) is 12.5 Å². The number of hydrogen-bond donors (Lipinski definition) is 0. The summed E-state index contributed by atoms with van der Waals surface area (Å²) in [6, 6.07) is 8.27. The Hall–Kier alpha value is -2.54. The van der Waals surface area contributed by atoms with Gasteiger partial charge in [0.05, 0.1) is 12.6 Å². The first-order chi connectivity index (χ1) is 14.2. The first-order valence-electron chi connectivity index (χ1n) is 10.6. The highest BCUT2D eigenvalue weighted by molar-refractivity contribution is 5.78. The van der Waals surface area contributed by atoms with Crippen LogP contribution in [-0.2, 0) is 4.79 Å². The lowest BCUT2D eigenvalue weighted by molar-refractivity contribution is -0.133. The van der Waals surface area contributed by atoms with Crippen LogP contribution in [0.15, 0.2) is 30.3 Å². The van der Waals surface area contributed by atoms with Gasteiger partial charge in [-0.25, -0.2) is 14.4 Å². The van der Waals surface area contributed by atoms with Gasteiger partial charge in [-0.15, -0.1) is 0 Å². The van der Waals surface area contributed by atoms with Crippen molar-refractivity contribution in [1.29, 1.82) is 0 Å². The molecular weight excluding hydrogens is 381 g/mol. The number of benzene rings is 1. The maximum Gasteiger partial charge on any atom is 0.236 e. The van der Waals surface area contributed by atoms with E-state index in [4.69, 9.17) is 4.98 Å². The van der Waals surface area contributed by atoms with Crippen molar-refractivity contribution in [2.24, 2.45) is 0 Å². The summed E-state index contributed by atoms with van der Waals surface area (Å²) in [5.41, 5.74) is 1.91. The molecule has 0 radical (unpaired) electrons. The summed E-state index contributed by atoms with van der Waals surface area (Å²) in [7, 11) is 1.81.